The van der Waals surface area contributed by atoms with Crippen molar-refractivity contribution in [2.24, 2.45) is 10.8 Å². The van der Waals surface area contributed by atoms with Crippen LogP contribution >= 0.6 is 11.3 Å². The van der Waals surface area contributed by atoms with Gasteiger partial charge in [0.15, 0.2) is 0 Å². The zero-order valence-corrected chi connectivity index (χ0v) is 10.7. The van der Waals surface area contributed by atoms with E-state index >= 15 is 0 Å². The molecular formula is C13H13N3OS. The molecule has 2 rings (SSSR count). The van der Waals surface area contributed by atoms with Crippen LogP contribution in [-0.4, -0.2) is 12.2 Å². The fourth-order valence-electron chi connectivity index (χ4n) is 1.58. The number of rotatable bonds is 3. The van der Waals surface area contributed by atoms with Gasteiger partial charge in [-0.05, 0) is 19.1 Å². The van der Waals surface area contributed by atoms with Crippen molar-refractivity contribution < 1.29 is 4.79 Å². The molecule has 0 saturated heterocycles. The summed E-state index contributed by atoms with van der Waals surface area (Å²) in [6.07, 6.45) is 1.59. The van der Waals surface area contributed by atoms with Crippen molar-refractivity contribution in [2.45, 2.75) is 6.92 Å². The summed E-state index contributed by atoms with van der Waals surface area (Å²) in [5.41, 5.74) is 9.16. The molecule has 1 aromatic heterocycles. The van der Waals surface area contributed by atoms with Gasteiger partial charge < -0.3 is 5.73 Å². The van der Waals surface area contributed by atoms with E-state index in [0.29, 0.717) is 0 Å². The standard InChI is InChI=1S/C13H13N3OS/c1-9-6-7-12(18-9)11-5-3-2-4-10(11)8-15-16-13(14)17/h2-8H,1H3,(H3,14,16,17). The highest BCUT2D eigenvalue weighted by molar-refractivity contribution is 7.15. The molecule has 3 N–H and O–H groups in total. The van der Waals surface area contributed by atoms with E-state index in [1.165, 1.54) is 9.75 Å². The number of benzene rings is 1. The molecule has 4 nitrogen and oxygen atoms in total. The Bertz CT molecular complexity index is 589. The fourth-order valence-corrected chi connectivity index (χ4v) is 2.49. The molecule has 0 aliphatic heterocycles. The summed E-state index contributed by atoms with van der Waals surface area (Å²) in [7, 11) is 0. The van der Waals surface area contributed by atoms with Gasteiger partial charge in [-0.1, -0.05) is 24.3 Å². The Kier molecular flexibility index (Phi) is 3.74. The molecule has 18 heavy (non-hydrogen) atoms. The Morgan fingerprint density at radius 3 is 2.78 bits per heavy atom. The number of thiophene rings is 1. The first kappa shape index (κ1) is 12.3. The van der Waals surface area contributed by atoms with E-state index < -0.39 is 6.03 Å². The van der Waals surface area contributed by atoms with Crippen molar-refractivity contribution in [3.63, 3.8) is 0 Å². The second-order valence-corrected chi connectivity index (χ2v) is 5.02. The Hall–Kier alpha value is -2.14. The van der Waals surface area contributed by atoms with E-state index in [9.17, 15) is 4.79 Å². The summed E-state index contributed by atoms with van der Waals surface area (Å²) in [4.78, 5) is 13.0. The topological polar surface area (TPSA) is 67.5 Å². The second kappa shape index (κ2) is 5.46. The Morgan fingerprint density at radius 2 is 2.11 bits per heavy atom. The molecule has 0 spiro atoms. The predicted molar refractivity (Wildman–Crippen MR) is 74.8 cm³/mol. The predicted octanol–water partition coefficient (Wildman–Crippen LogP) is 2.73. The third kappa shape index (κ3) is 2.95. The minimum absolute atomic E-state index is 0.671. The summed E-state index contributed by atoms with van der Waals surface area (Å²) >= 11 is 1.72. The highest BCUT2D eigenvalue weighted by atomic mass is 32.1. The molecule has 0 aliphatic carbocycles. The average Bonchev–Trinajstić information content (AvgIpc) is 2.76. The van der Waals surface area contributed by atoms with Gasteiger partial charge in [0.2, 0.25) is 0 Å². The van der Waals surface area contributed by atoms with E-state index in [2.05, 4.69) is 29.6 Å². The first-order chi connectivity index (χ1) is 8.66. The number of nitrogens with two attached hydrogens (primary N) is 1. The lowest BCUT2D eigenvalue weighted by Gasteiger charge is -2.02. The number of aryl methyl sites for hydroxylation is 1. The van der Waals surface area contributed by atoms with Crippen molar-refractivity contribution in [3.05, 3.63) is 46.8 Å². The summed E-state index contributed by atoms with van der Waals surface area (Å²) in [5.74, 6) is 0. The third-order valence-electron chi connectivity index (χ3n) is 2.34. The minimum atomic E-state index is -0.671. The third-order valence-corrected chi connectivity index (χ3v) is 3.38. The molecule has 2 amide bonds. The molecule has 0 bridgehead atoms. The number of urea groups is 1. The van der Waals surface area contributed by atoms with Crippen molar-refractivity contribution in [1.82, 2.24) is 5.43 Å². The SMILES string of the molecule is Cc1ccc(-c2ccccc2C=NNC(N)=O)s1. The number of hydrazone groups is 1. The van der Waals surface area contributed by atoms with Crippen LogP contribution in [0.3, 0.4) is 0 Å². The average molecular weight is 259 g/mol. The Balaban J connectivity index is 2.31. The summed E-state index contributed by atoms with van der Waals surface area (Å²) in [6.45, 7) is 2.07. The lowest BCUT2D eigenvalue weighted by molar-refractivity contribution is 0.249. The van der Waals surface area contributed by atoms with Gasteiger partial charge in [-0.2, -0.15) is 5.10 Å². The van der Waals surface area contributed by atoms with Crippen molar-refractivity contribution in [2.75, 3.05) is 0 Å². The van der Waals surface area contributed by atoms with Gasteiger partial charge in [-0.15, -0.1) is 11.3 Å². The number of primary amides is 1. The largest absolute Gasteiger partial charge is 0.350 e. The molecule has 1 aromatic carbocycles. The zero-order chi connectivity index (χ0) is 13.0. The summed E-state index contributed by atoms with van der Waals surface area (Å²) in [6, 6.07) is 11.4. The molecule has 0 radical (unpaired) electrons. The van der Waals surface area contributed by atoms with Crippen LogP contribution in [-0.2, 0) is 0 Å². The van der Waals surface area contributed by atoms with Crippen LogP contribution < -0.4 is 11.2 Å². The van der Waals surface area contributed by atoms with Crippen molar-refractivity contribution in [3.8, 4) is 10.4 Å². The molecule has 0 unspecified atom stereocenters. The molecule has 2 aromatic rings. The van der Waals surface area contributed by atoms with E-state index in [1.807, 2.05) is 24.3 Å². The maximum Gasteiger partial charge on any atom is 0.332 e. The number of hydrogen-bond acceptors (Lipinski definition) is 3. The van der Waals surface area contributed by atoms with Crippen LogP contribution in [0.4, 0.5) is 4.79 Å². The van der Waals surface area contributed by atoms with Gasteiger partial charge in [-0.25, -0.2) is 10.2 Å². The van der Waals surface area contributed by atoms with Gasteiger partial charge in [0.25, 0.3) is 0 Å². The Labute approximate surface area is 109 Å². The van der Waals surface area contributed by atoms with Crippen LogP contribution in [0.5, 0.6) is 0 Å². The van der Waals surface area contributed by atoms with Crippen LogP contribution in [0.15, 0.2) is 41.5 Å². The smallest absolute Gasteiger partial charge is 0.332 e. The number of carbonyl (C=O) groups excluding carboxylic acids is 1. The summed E-state index contributed by atoms with van der Waals surface area (Å²) < 4.78 is 0. The van der Waals surface area contributed by atoms with Crippen LogP contribution in [0.25, 0.3) is 10.4 Å². The molecule has 5 heteroatoms. The molecule has 1 heterocycles. The quantitative estimate of drug-likeness (QED) is 0.646. The zero-order valence-electron chi connectivity index (χ0n) is 9.88. The molecule has 0 atom stereocenters. The van der Waals surface area contributed by atoms with Gasteiger partial charge in [0.1, 0.15) is 0 Å². The first-order valence-electron chi connectivity index (χ1n) is 5.41. The van der Waals surface area contributed by atoms with Gasteiger partial charge in [0, 0.05) is 20.9 Å². The fraction of sp³-hybridized carbons (Fsp3) is 0.0769. The van der Waals surface area contributed by atoms with Crippen LogP contribution in [0, 0.1) is 6.92 Å². The van der Waals surface area contributed by atoms with Crippen molar-refractivity contribution in [1.29, 1.82) is 0 Å². The number of hydrogen-bond donors (Lipinski definition) is 2. The van der Waals surface area contributed by atoms with Crippen LogP contribution in [0.2, 0.25) is 0 Å². The van der Waals surface area contributed by atoms with E-state index in [0.717, 1.165) is 11.1 Å². The number of amides is 2. The molecular weight excluding hydrogens is 246 g/mol. The number of nitrogens with zero attached hydrogens (tertiary/aromatic N) is 1. The normalized spacial score (nSPS) is 10.7. The maximum atomic E-state index is 10.5. The lowest BCUT2D eigenvalue weighted by Crippen LogP contribution is -2.24. The van der Waals surface area contributed by atoms with Crippen molar-refractivity contribution >= 4 is 23.6 Å². The Morgan fingerprint density at radius 1 is 1.33 bits per heavy atom. The lowest BCUT2D eigenvalue weighted by atomic mass is 10.1. The van der Waals surface area contributed by atoms with Crippen LogP contribution in [0.1, 0.15) is 10.4 Å². The second-order valence-electron chi connectivity index (χ2n) is 3.73. The molecule has 0 saturated carbocycles. The van der Waals surface area contributed by atoms with E-state index in [1.54, 1.807) is 17.6 Å². The summed E-state index contributed by atoms with van der Waals surface area (Å²) in [5, 5.41) is 3.79. The maximum absolute atomic E-state index is 10.5. The number of nitrogens with one attached hydrogen (secondary N) is 1. The molecule has 0 aliphatic rings. The minimum Gasteiger partial charge on any atom is -0.350 e. The first-order valence-corrected chi connectivity index (χ1v) is 6.23. The van der Waals surface area contributed by atoms with Gasteiger partial charge in [-0.3, -0.25) is 0 Å². The van der Waals surface area contributed by atoms with E-state index in [-0.39, 0.29) is 0 Å². The van der Waals surface area contributed by atoms with E-state index in [4.69, 9.17) is 5.73 Å². The monoisotopic (exact) mass is 259 g/mol. The van der Waals surface area contributed by atoms with Gasteiger partial charge in [0.05, 0.1) is 6.21 Å². The molecule has 92 valence electrons. The highest BCUT2D eigenvalue weighted by Crippen LogP contribution is 2.29. The molecule has 0 fully saturated rings. The number of carbonyl (C=O) groups is 1. The highest BCUT2D eigenvalue weighted by Gasteiger charge is 2.04. The van der Waals surface area contributed by atoms with Gasteiger partial charge >= 0.3 is 6.03 Å².